The minimum absolute atomic E-state index is 0.0396. The summed E-state index contributed by atoms with van der Waals surface area (Å²) in [6.45, 7) is 3.57. The second-order valence-electron chi connectivity index (χ2n) is 23.0. The fourth-order valence-electron chi connectivity index (χ4n) is 9.69. The quantitative estimate of drug-likeness (QED) is 0.0264. The number of hydrogen-bond acceptors (Lipinski definition) is 8. The van der Waals surface area contributed by atoms with Gasteiger partial charge in [0.1, 0.15) is 6.61 Å². The average Bonchev–Trinajstić information content (AvgIpc) is 3.52. The van der Waals surface area contributed by atoms with E-state index in [4.69, 9.17) is 24.3 Å². The van der Waals surface area contributed by atoms with Crippen LogP contribution in [0.3, 0.4) is 0 Å². The first-order valence-electron chi connectivity index (χ1n) is 35.0. The van der Waals surface area contributed by atoms with E-state index in [1.807, 2.05) is 6.08 Å². The molecule has 3 N–H and O–H groups in total. The van der Waals surface area contributed by atoms with Gasteiger partial charge in [-0.2, -0.15) is 0 Å². The number of carbonyl (C=O) groups is 2. The van der Waals surface area contributed by atoms with Crippen molar-refractivity contribution in [2.24, 2.45) is 5.73 Å². The van der Waals surface area contributed by atoms with E-state index >= 15 is 0 Å². The number of hydrogen-bond donors (Lipinski definition) is 2. The molecular formula is C75H130NO8P. The number of phosphoric ester groups is 1. The smallest absolute Gasteiger partial charge is 0.462 e. The van der Waals surface area contributed by atoms with Gasteiger partial charge in [0.25, 0.3) is 0 Å². The molecule has 0 saturated heterocycles. The summed E-state index contributed by atoms with van der Waals surface area (Å²) in [5.41, 5.74) is 5.39. The minimum atomic E-state index is -4.41. The summed E-state index contributed by atoms with van der Waals surface area (Å²) in [6.07, 6.45) is 97.5. The number of ether oxygens (including phenoxy) is 2. The van der Waals surface area contributed by atoms with E-state index in [0.29, 0.717) is 12.8 Å². The molecule has 9 nitrogen and oxygen atoms in total. The molecule has 85 heavy (non-hydrogen) atoms. The predicted molar refractivity (Wildman–Crippen MR) is 367 cm³/mol. The largest absolute Gasteiger partial charge is 0.472 e. The Morgan fingerprint density at radius 3 is 1.00 bits per heavy atom. The Balaban J connectivity index is 3.85. The Morgan fingerprint density at radius 2 is 0.659 bits per heavy atom. The van der Waals surface area contributed by atoms with Crippen LogP contribution in [0.2, 0.25) is 0 Å². The molecule has 0 aliphatic heterocycles. The predicted octanol–water partition coefficient (Wildman–Crippen LogP) is 23.1. The van der Waals surface area contributed by atoms with Gasteiger partial charge in [-0.3, -0.25) is 18.6 Å². The Morgan fingerprint density at radius 1 is 0.365 bits per heavy atom. The lowest BCUT2D eigenvalue weighted by atomic mass is 10.0. The number of allylic oxidation sites excluding steroid dienone is 20. The number of unbranched alkanes of at least 4 members (excludes halogenated alkanes) is 32. The lowest BCUT2D eigenvalue weighted by Crippen LogP contribution is -2.29. The maximum absolute atomic E-state index is 12.7. The molecule has 0 aromatic rings. The molecule has 0 aliphatic carbocycles. The van der Waals surface area contributed by atoms with Gasteiger partial charge in [-0.15, -0.1) is 0 Å². The Labute approximate surface area is 523 Å². The summed E-state index contributed by atoms with van der Waals surface area (Å²) in [5, 5.41) is 0. The van der Waals surface area contributed by atoms with Crippen molar-refractivity contribution in [2.75, 3.05) is 26.4 Å². The van der Waals surface area contributed by atoms with Gasteiger partial charge < -0.3 is 20.1 Å². The van der Waals surface area contributed by atoms with Crippen molar-refractivity contribution in [1.82, 2.24) is 0 Å². The van der Waals surface area contributed by atoms with Crippen LogP contribution in [-0.2, 0) is 32.7 Å². The van der Waals surface area contributed by atoms with Gasteiger partial charge in [-0.25, -0.2) is 4.57 Å². The molecule has 0 bridgehead atoms. The molecule has 0 rings (SSSR count). The number of esters is 2. The molecule has 0 saturated carbocycles. The lowest BCUT2D eigenvalue weighted by Gasteiger charge is -2.19. The Hall–Kier alpha value is -3.59. The van der Waals surface area contributed by atoms with E-state index in [9.17, 15) is 19.0 Å². The number of rotatable bonds is 65. The maximum atomic E-state index is 12.7. The van der Waals surface area contributed by atoms with Crippen LogP contribution < -0.4 is 5.73 Å². The minimum Gasteiger partial charge on any atom is -0.462 e. The summed E-state index contributed by atoms with van der Waals surface area (Å²) >= 11 is 0. The first-order chi connectivity index (χ1) is 41.8. The van der Waals surface area contributed by atoms with E-state index in [1.165, 1.54) is 193 Å². The van der Waals surface area contributed by atoms with Gasteiger partial charge in [0.15, 0.2) is 6.10 Å². The van der Waals surface area contributed by atoms with Crippen LogP contribution in [0.5, 0.6) is 0 Å². The van der Waals surface area contributed by atoms with Crippen LogP contribution in [0, 0.1) is 0 Å². The topological polar surface area (TPSA) is 134 Å². The molecule has 0 heterocycles. The summed E-state index contributed by atoms with van der Waals surface area (Å²) in [7, 11) is -4.41. The molecule has 0 aromatic heterocycles. The van der Waals surface area contributed by atoms with Gasteiger partial charge in [-0.1, -0.05) is 315 Å². The molecule has 10 heteroatoms. The van der Waals surface area contributed by atoms with Gasteiger partial charge >= 0.3 is 19.8 Å². The van der Waals surface area contributed by atoms with Crippen molar-refractivity contribution >= 4 is 19.8 Å². The van der Waals surface area contributed by atoms with Gasteiger partial charge in [-0.05, 0) is 103 Å². The van der Waals surface area contributed by atoms with Crippen LogP contribution in [0.1, 0.15) is 309 Å². The molecule has 0 spiro atoms. The van der Waals surface area contributed by atoms with E-state index < -0.39 is 32.5 Å². The van der Waals surface area contributed by atoms with Crippen LogP contribution in [0.25, 0.3) is 0 Å². The highest BCUT2D eigenvalue weighted by atomic mass is 31.2. The van der Waals surface area contributed by atoms with Gasteiger partial charge in [0.2, 0.25) is 0 Å². The van der Waals surface area contributed by atoms with Crippen molar-refractivity contribution in [3.05, 3.63) is 122 Å². The van der Waals surface area contributed by atoms with Gasteiger partial charge in [0, 0.05) is 19.4 Å². The molecule has 0 fully saturated rings. The molecule has 488 valence electrons. The molecular weight excluding hydrogens is 1070 g/mol. The Kier molecular flexibility index (Phi) is 66.6. The van der Waals surface area contributed by atoms with Crippen molar-refractivity contribution in [3.8, 4) is 0 Å². The Bertz CT molecular complexity index is 1810. The van der Waals surface area contributed by atoms with Crippen LogP contribution in [0.15, 0.2) is 122 Å². The van der Waals surface area contributed by atoms with Crippen LogP contribution in [-0.4, -0.2) is 49.3 Å². The number of carbonyl (C=O) groups excluding carboxylic acids is 2. The van der Waals surface area contributed by atoms with Crippen molar-refractivity contribution in [1.29, 1.82) is 0 Å². The normalized spacial score (nSPS) is 13.7. The van der Waals surface area contributed by atoms with E-state index in [2.05, 4.69) is 129 Å². The zero-order chi connectivity index (χ0) is 61.6. The van der Waals surface area contributed by atoms with E-state index in [-0.39, 0.29) is 32.6 Å². The average molecular weight is 1200 g/mol. The monoisotopic (exact) mass is 1200 g/mol. The highest BCUT2D eigenvalue weighted by molar-refractivity contribution is 7.47. The third-order valence-corrected chi connectivity index (χ3v) is 15.8. The zero-order valence-electron chi connectivity index (χ0n) is 54.8. The first-order valence-corrected chi connectivity index (χ1v) is 36.5. The van der Waals surface area contributed by atoms with Crippen molar-refractivity contribution in [3.63, 3.8) is 0 Å². The van der Waals surface area contributed by atoms with Gasteiger partial charge in [0.05, 0.1) is 13.2 Å². The fraction of sp³-hybridized carbons (Fsp3) is 0.707. The summed E-state index contributed by atoms with van der Waals surface area (Å²) in [5.74, 6) is -0.894. The molecule has 0 aromatic carbocycles. The highest BCUT2D eigenvalue weighted by Gasteiger charge is 2.26. The third kappa shape index (κ3) is 69.4. The van der Waals surface area contributed by atoms with E-state index in [0.717, 1.165) is 77.0 Å². The van der Waals surface area contributed by atoms with Crippen LogP contribution >= 0.6 is 7.82 Å². The zero-order valence-corrected chi connectivity index (χ0v) is 55.7. The summed E-state index contributed by atoms with van der Waals surface area (Å²) in [4.78, 5) is 35.3. The molecule has 2 atom stereocenters. The first kappa shape index (κ1) is 81.4. The molecule has 2 unspecified atom stereocenters. The number of nitrogens with two attached hydrogens (primary N) is 1. The number of phosphoric acid groups is 1. The summed E-state index contributed by atoms with van der Waals surface area (Å²) in [6, 6.07) is 0. The second-order valence-corrected chi connectivity index (χ2v) is 24.5. The standard InChI is InChI=1S/C75H130NO8P/c1-3-5-7-9-11-13-15-17-19-21-23-25-27-28-29-30-31-32-33-34-35-36-37-38-39-40-41-42-43-44-46-47-49-51-53-55-57-59-61-63-65-67-74(77)81-71-73(72-83-85(79,80)82-70-69-76)84-75(78)68-66-64-62-60-58-56-54-52-50-48-45-26-24-22-20-18-16-14-12-10-8-6-4-2/h6,8,12,14-15,17-18,20-21,23-24,26-28,48,50,54,56,60,62,73H,3-5,7,9-11,13,16,19,22,25,29-47,49,51-53,55,57-59,61,63-72,76H2,1-2H3,(H,79,80)/b8-6-,14-12-,17-15-,20-18-,23-21-,26-24-,28-27-,50-48-,56-54-,62-60-. The SMILES string of the molecule is CC/C=C\C/C=C\C/C=C\C/C=C\C/C=C\C/C=C\C/C=C\CCCC(=O)OC(COC(=O)CCCCCCCCCCCCCCCCCCCCCCCCCCCC/C=C\C/C=C\C/C=C\CCCCCCC)COP(=O)(O)OCCN. The molecule has 0 radical (unpaired) electrons. The third-order valence-electron chi connectivity index (χ3n) is 14.8. The van der Waals surface area contributed by atoms with Crippen molar-refractivity contribution in [2.45, 2.75) is 315 Å². The second kappa shape index (κ2) is 69.5. The molecule has 0 amide bonds. The summed E-state index contributed by atoms with van der Waals surface area (Å²) < 4.78 is 33.1. The van der Waals surface area contributed by atoms with Crippen molar-refractivity contribution < 1.29 is 37.6 Å². The van der Waals surface area contributed by atoms with E-state index in [1.54, 1.807) is 0 Å². The van der Waals surface area contributed by atoms with Crippen LogP contribution in [0.4, 0.5) is 0 Å². The maximum Gasteiger partial charge on any atom is 0.472 e. The fourth-order valence-corrected chi connectivity index (χ4v) is 10.5. The highest BCUT2D eigenvalue weighted by Crippen LogP contribution is 2.43. The molecule has 0 aliphatic rings. The lowest BCUT2D eigenvalue weighted by molar-refractivity contribution is -0.161.